The van der Waals surface area contributed by atoms with Crippen LogP contribution in [0.1, 0.15) is 21.9 Å². The van der Waals surface area contributed by atoms with Crippen molar-refractivity contribution in [2.24, 2.45) is 0 Å². The Hall–Kier alpha value is -2.47. The van der Waals surface area contributed by atoms with Gasteiger partial charge in [0.05, 0.1) is 0 Å². The predicted molar refractivity (Wildman–Crippen MR) is 98.9 cm³/mol. The van der Waals surface area contributed by atoms with Crippen molar-refractivity contribution in [1.82, 2.24) is 20.2 Å². The number of benzene rings is 1. The summed E-state index contributed by atoms with van der Waals surface area (Å²) in [5.41, 5.74) is 3.02. The van der Waals surface area contributed by atoms with Gasteiger partial charge in [-0.15, -0.1) is 0 Å². The first-order valence-electron chi connectivity index (χ1n) is 8.73. The number of aromatic nitrogens is 2. The zero-order valence-electron chi connectivity index (χ0n) is 14.9. The van der Waals surface area contributed by atoms with E-state index in [0.717, 1.165) is 32.7 Å². The molecular weight excluding hydrogens is 314 g/mol. The molecule has 3 rings (SSSR count). The summed E-state index contributed by atoms with van der Waals surface area (Å²) in [7, 11) is 0. The van der Waals surface area contributed by atoms with Gasteiger partial charge in [-0.05, 0) is 37.6 Å². The Morgan fingerprint density at radius 3 is 2.68 bits per heavy atom. The van der Waals surface area contributed by atoms with Crippen LogP contribution < -0.4 is 10.2 Å². The Morgan fingerprint density at radius 2 is 1.96 bits per heavy atom. The van der Waals surface area contributed by atoms with E-state index in [4.69, 9.17) is 0 Å². The van der Waals surface area contributed by atoms with Crippen molar-refractivity contribution in [2.75, 3.05) is 44.2 Å². The van der Waals surface area contributed by atoms with Crippen LogP contribution in [0.4, 0.5) is 5.69 Å². The third-order valence-electron chi connectivity index (χ3n) is 4.46. The van der Waals surface area contributed by atoms with Crippen molar-refractivity contribution < 1.29 is 4.79 Å². The van der Waals surface area contributed by atoms with Crippen LogP contribution in [0.15, 0.2) is 36.5 Å². The highest BCUT2D eigenvalue weighted by atomic mass is 16.1. The molecule has 1 fully saturated rings. The third kappa shape index (κ3) is 4.76. The number of piperazine rings is 1. The van der Waals surface area contributed by atoms with Gasteiger partial charge in [0.25, 0.3) is 5.91 Å². The lowest BCUT2D eigenvalue weighted by atomic mass is 10.2. The van der Waals surface area contributed by atoms with E-state index in [2.05, 4.69) is 56.3 Å². The summed E-state index contributed by atoms with van der Waals surface area (Å²) in [6.45, 7) is 9.45. The van der Waals surface area contributed by atoms with Gasteiger partial charge in [-0.25, -0.2) is 9.97 Å². The lowest BCUT2D eigenvalue weighted by Crippen LogP contribution is -2.48. The molecule has 0 spiro atoms. The molecule has 6 heteroatoms. The highest BCUT2D eigenvalue weighted by Crippen LogP contribution is 2.17. The van der Waals surface area contributed by atoms with E-state index in [9.17, 15) is 4.79 Å². The van der Waals surface area contributed by atoms with Crippen LogP contribution >= 0.6 is 0 Å². The van der Waals surface area contributed by atoms with Crippen LogP contribution in [0.2, 0.25) is 0 Å². The Morgan fingerprint density at radius 1 is 1.16 bits per heavy atom. The van der Waals surface area contributed by atoms with Crippen LogP contribution in [0.3, 0.4) is 0 Å². The zero-order chi connectivity index (χ0) is 17.6. The minimum absolute atomic E-state index is 0.135. The maximum atomic E-state index is 12.1. The van der Waals surface area contributed by atoms with Gasteiger partial charge in [0, 0.05) is 51.2 Å². The first kappa shape index (κ1) is 17.4. The number of nitrogens with one attached hydrogen (secondary N) is 1. The molecule has 6 nitrogen and oxygen atoms in total. The smallest absolute Gasteiger partial charge is 0.270 e. The van der Waals surface area contributed by atoms with Crippen LogP contribution in [-0.4, -0.2) is 60.0 Å². The summed E-state index contributed by atoms with van der Waals surface area (Å²) in [4.78, 5) is 25.0. The predicted octanol–water partition coefficient (Wildman–Crippen LogP) is 1.65. The fraction of sp³-hybridized carbons (Fsp3) is 0.421. The second kappa shape index (κ2) is 8.07. The summed E-state index contributed by atoms with van der Waals surface area (Å²) in [6, 6.07) is 10.3. The summed E-state index contributed by atoms with van der Waals surface area (Å²) in [5.74, 6) is 0.476. The molecule has 0 radical (unpaired) electrons. The molecule has 1 N–H and O–H groups in total. The maximum Gasteiger partial charge on any atom is 0.270 e. The number of hydrogen-bond donors (Lipinski definition) is 1. The van der Waals surface area contributed by atoms with Gasteiger partial charge in [0.2, 0.25) is 0 Å². The second-order valence-electron chi connectivity index (χ2n) is 6.41. The molecule has 1 aliphatic rings. The van der Waals surface area contributed by atoms with Crippen molar-refractivity contribution in [3.8, 4) is 0 Å². The molecule has 1 aliphatic heterocycles. The summed E-state index contributed by atoms with van der Waals surface area (Å²) < 4.78 is 0. The van der Waals surface area contributed by atoms with Gasteiger partial charge >= 0.3 is 0 Å². The summed E-state index contributed by atoms with van der Waals surface area (Å²) in [6.07, 6.45) is 1.61. The number of anilines is 1. The first-order valence-corrected chi connectivity index (χ1v) is 8.73. The average molecular weight is 339 g/mol. The maximum absolute atomic E-state index is 12.1. The molecular formula is C19H25N5O. The molecule has 1 aromatic heterocycles. The van der Waals surface area contributed by atoms with Gasteiger partial charge in [0.15, 0.2) is 0 Å². The molecule has 0 unspecified atom stereocenters. The number of nitrogens with zero attached hydrogens (tertiary/aromatic N) is 4. The number of carbonyl (C=O) groups excluding carboxylic acids is 1. The van der Waals surface area contributed by atoms with Crippen molar-refractivity contribution in [1.29, 1.82) is 0 Å². The van der Waals surface area contributed by atoms with E-state index in [1.165, 1.54) is 11.3 Å². The van der Waals surface area contributed by atoms with Crippen LogP contribution in [0.5, 0.6) is 0 Å². The molecule has 1 aromatic carbocycles. The Kier molecular flexibility index (Phi) is 5.60. The van der Waals surface area contributed by atoms with Crippen LogP contribution in [0.25, 0.3) is 0 Å². The largest absolute Gasteiger partial charge is 0.369 e. The van der Waals surface area contributed by atoms with Gasteiger partial charge in [-0.1, -0.05) is 12.1 Å². The summed E-state index contributed by atoms with van der Waals surface area (Å²) in [5, 5.41) is 2.94. The van der Waals surface area contributed by atoms with Gasteiger partial charge in [-0.3, -0.25) is 9.69 Å². The van der Waals surface area contributed by atoms with Crippen molar-refractivity contribution in [3.05, 3.63) is 53.6 Å². The highest BCUT2D eigenvalue weighted by Gasteiger charge is 2.17. The van der Waals surface area contributed by atoms with E-state index in [0.29, 0.717) is 18.1 Å². The number of rotatable bonds is 5. The number of carbonyl (C=O) groups is 1. The van der Waals surface area contributed by atoms with Crippen LogP contribution in [-0.2, 0) is 0 Å². The SMILES string of the molecule is Cc1cccc(N2CCN(CCNC(=O)c3ccnc(C)n3)CC2)c1. The second-order valence-corrected chi connectivity index (χ2v) is 6.41. The molecule has 1 amide bonds. The lowest BCUT2D eigenvalue weighted by molar-refractivity contribution is 0.0942. The lowest BCUT2D eigenvalue weighted by Gasteiger charge is -2.36. The van der Waals surface area contributed by atoms with E-state index >= 15 is 0 Å². The van der Waals surface area contributed by atoms with Gasteiger partial charge < -0.3 is 10.2 Å². The van der Waals surface area contributed by atoms with Crippen molar-refractivity contribution in [3.63, 3.8) is 0 Å². The highest BCUT2D eigenvalue weighted by molar-refractivity contribution is 5.92. The number of hydrogen-bond acceptors (Lipinski definition) is 5. The number of aryl methyl sites for hydroxylation is 2. The minimum atomic E-state index is -0.135. The molecule has 1 saturated heterocycles. The molecule has 0 bridgehead atoms. The van der Waals surface area contributed by atoms with E-state index < -0.39 is 0 Å². The fourth-order valence-corrected chi connectivity index (χ4v) is 3.06. The molecule has 2 heterocycles. The monoisotopic (exact) mass is 339 g/mol. The van der Waals surface area contributed by atoms with Crippen molar-refractivity contribution in [2.45, 2.75) is 13.8 Å². The van der Waals surface area contributed by atoms with Gasteiger partial charge in [-0.2, -0.15) is 0 Å². The van der Waals surface area contributed by atoms with E-state index in [-0.39, 0.29) is 5.91 Å². The molecule has 0 saturated carbocycles. The third-order valence-corrected chi connectivity index (χ3v) is 4.46. The molecule has 2 aromatic rings. The Labute approximate surface area is 148 Å². The molecule has 0 atom stereocenters. The Bertz CT molecular complexity index is 725. The standard InChI is InChI=1S/C19H25N5O/c1-15-4-3-5-17(14-15)24-12-10-23(11-13-24)9-8-21-19(25)18-6-7-20-16(2)22-18/h3-7,14H,8-13H2,1-2H3,(H,21,25). The topological polar surface area (TPSA) is 61.4 Å². The zero-order valence-corrected chi connectivity index (χ0v) is 14.9. The molecule has 132 valence electrons. The van der Waals surface area contributed by atoms with Crippen molar-refractivity contribution >= 4 is 11.6 Å². The number of amides is 1. The Balaban J connectivity index is 1.41. The quantitative estimate of drug-likeness (QED) is 0.897. The molecule has 0 aliphatic carbocycles. The fourth-order valence-electron chi connectivity index (χ4n) is 3.06. The summed E-state index contributed by atoms with van der Waals surface area (Å²) >= 11 is 0. The first-order chi connectivity index (χ1) is 12.1. The minimum Gasteiger partial charge on any atom is -0.369 e. The normalized spacial score (nSPS) is 15.2. The van der Waals surface area contributed by atoms with E-state index in [1.54, 1.807) is 19.2 Å². The van der Waals surface area contributed by atoms with Gasteiger partial charge in [0.1, 0.15) is 11.5 Å². The molecule has 25 heavy (non-hydrogen) atoms. The van der Waals surface area contributed by atoms with E-state index in [1.807, 2.05) is 0 Å². The average Bonchev–Trinajstić information content (AvgIpc) is 2.62. The van der Waals surface area contributed by atoms with Crippen LogP contribution in [0, 0.1) is 13.8 Å².